The van der Waals surface area contributed by atoms with Crippen molar-refractivity contribution in [1.82, 2.24) is 14.9 Å². The minimum Gasteiger partial charge on any atom is -0.497 e. The highest BCUT2D eigenvalue weighted by molar-refractivity contribution is 6.04. The summed E-state index contributed by atoms with van der Waals surface area (Å²) >= 11 is 0. The molecule has 8 heteroatoms. The smallest absolute Gasteiger partial charge is 0.274 e. The van der Waals surface area contributed by atoms with Gasteiger partial charge in [-0.05, 0) is 39.2 Å². The fourth-order valence-electron chi connectivity index (χ4n) is 2.28. The maximum atomic E-state index is 12.5. The normalized spacial score (nSPS) is 10.5. The molecule has 1 heterocycles. The molecule has 0 atom stereocenters. The molecule has 0 unspecified atom stereocenters. The lowest BCUT2D eigenvalue weighted by molar-refractivity contribution is 0.102. The fraction of sp³-hybridized carbons (Fsp3) is 0.389. The third kappa shape index (κ3) is 5.59. The monoisotopic (exact) mass is 359 g/mol. The molecule has 0 aliphatic carbocycles. The van der Waals surface area contributed by atoms with Gasteiger partial charge in [0.25, 0.3) is 5.91 Å². The van der Waals surface area contributed by atoms with Gasteiger partial charge in [0.05, 0.1) is 19.9 Å². The first-order chi connectivity index (χ1) is 12.5. The average Bonchev–Trinajstić information content (AvgIpc) is 2.65. The molecule has 0 saturated heterocycles. The Kier molecular flexibility index (Phi) is 7.16. The lowest BCUT2D eigenvalue weighted by Crippen LogP contribution is -2.17. The SMILES string of the molecule is COc1ccc(NC(=O)c2cc(NCCCN(C)C)ncn2)c(OC)c1. The van der Waals surface area contributed by atoms with Gasteiger partial charge >= 0.3 is 0 Å². The number of hydrogen-bond donors (Lipinski definition) is 2. The minimum atomic E-state index is -0.341. The van der Waals surface area contributed by atoms with Gasteiger partial charge in [-0.3, -0.25) is 4.79 Å². The van der Waals surface area contributed by atoms with Gasteiger partial charge in [-0.2, -0.15) is 0 Å². The van der Waals surface area contributed by atoms with Gasteiger partial charge in [-0.1, -0.05) is 0 Å². The van der Waals surface area contributed by atoms with Crippen molar-refractivity contribution >= 4 is 17.4 Å². The summed E-state index contributed by atoms with van der Waals surface area (Å²) in [7, 11) is 7.16. The second kappa shape index (κ2) is 9.57. The highest BCUT2D eigenvalue weighted by atomic mass is 16.5. The zero-order chi connectivity index (χ0) is 18.9. The summed E-state index contributed by atoms with van der Waals surface area (Å²) in [5.41, 5.74) is 0.811. The number of benzene rings is 1. The van der Waals surface area contributed by atoms with Gasteiger partial charge in [0.15, 0.2) is 0 Å². The fourth-order valence-corrected chi connectivity index (χ4v) is 2.28. The lowest BCUT2D eigenvalue weighted by atomic mass is 10.2. The van der Waals surface area contributed by atoms with Gasteiger partial charge in [-0.15, -0.1) is 0 Å². The van der Waals surface area contributed by atoms with E-state index in [0.29, 0.717) is 23.0 Å². The number of rotatable bonds is 9. The maximum absolute atomic E-state index is 12.5. The quantitative estimate of drug-likeness (QED) is 0.663. The summed E-state index contributed by atoms with van der Waals surface area (Å²) in [6.45, 7) is 1.74. The summed E-state index contributed by atoms with van der Waals surface area (Å²) in [6.07, 6.45) is 2.34. The molecule has 26 heavy (non-hydrogen) atoms. The largest absolute Gasteiger partial charge is 0.497 e. The molecule has 0 bridgehead atoms. The van der Waals surface area contributed by atoms with Gasteiger partial charge in [0.1, 0.15) is 29.3 Å². The molecule has 140 valence electrons. The van der Waals surface area contributed by atoms with Crippen LogP contribution in [0.2, 0.25) is 0 Å². The number of carbonyl (C=O) groups is 1. The number of nitrogens with one attached hydrogen (secondary N) is 2. The van der Waals surface area contributed by atoms with Crippen molar-refractivity contribution in [3.05, 3.63) is 36.3 Å². The third-order valence-corrected chi connectivity index (χ3v) is 3.64. The van der Waals surface area contributed by atoms with E-state index in [9.17, 15) is 4.79 Å². The van der Waals surface area contributed by atoms with Crippen molar-refractivity contribution in [2.45, 2.75) is 6.42 Å². The van der Waals surface area contributed by atoms with Crippen molar-refractivity contribution in [3.8, 4) is 11.5 Å². The number of hydrogen-bond acceptors (Lipinski definition) is 7. The molecule has 1 amide bonds. The van der Waals surface area contributed by atoms with Crippen molar-refractivity contribution in [2.24, 2.45) is 0 Å². The zero-order valence-electron chi connectivity index (χ0n) is 15.6. The highest BCUT2D eigenvalue weighted by Gasteiger charge is 2.13. The van der Waals surface area contributed by atoms with Crippen LogP contribution in [-0.4, -0.2) is 62.2 Å². The van der Waals surface area contributed by atoms with Crippen molar-refractivity contribution < 1.29 is 14.3 Å². The molecular formula is C18H25N5O3. The summed E-state index contributed by atoms with van der Waals surface area (Å²) in [5.74, 6) is 1.43. The number of amides is 1. The molecule has 8 nitrogen and oxygen atoms in total. The van der Waals surface area contributed by atoms with E-state index in [4.69, 9.17) is 9.47 Å². The van der Waals surface area contributed by atoms with Crippen LogP contribution in [0.4, 0.5) is 11.5 Å². The van der Waals surface area contributed by atoms with E-state index in [-0.39, 0.29) is 11.6 Å². The van der Waals surface area contributed by atoms with E-state index in [1.807, 2.05) is 14.1 Å². The molecule has 2 rings (SSSR count). The Morgan fingerprint density at radius 3 is 2.65 bits per heavy atom. The minimum absolute atomic E-state index is 0.271. The molecule has 0 aliphatic heterocycles. The zero-order valence-corrected chi connectivity index (χ0v) is 15.6. The Morgan fingerprint density at radius 1 is 1.15 bits per heavy atom. The van der Waals surface area contributed by atoms with Crippen LogP contribution in [0.15, 0.2) is 30.6 Å². The maximum Gasteiger partial charge on any atom is 0.274 e. The van der Waals surface area contributed by atoms with Crippen LogP contribution in [0.5, 0.6) is 11.5 Å². The lowest BCUT2D eigenvalue weighted by Gasteiger charge is -2.12. The predicted molar refractivity (Wildman–Crippen MR) is 101 cm³/mol. The summed E-state index contributed by atoms with van der Waals surface area (Å²) in [4.78, 5) is 22.8. The second-order valence-corrected chi connectivity index (χ2v) is 5.89. The molecule has 2 aromatic rings. The molecule has 0 spiro atoms. The number of ether oxygens (including phenoxy) is 2. The first-order valence-electron chi connectivity index (χ1n) is 8.27. The van der Waals surface area contributed by atoms with Gasteiger partial charge in [0.2, 0.25) is 0 Å². The standard InChI is InChI=1S/C18H25N5O3/c1-23(2)9-5-8-19-17-11-15(20-12-21-17)18(24)22-14-7-6-13(25-3)10-16(14)26-4/h6-7,10-12H,5,8-9H2,1-4H3,(H,22,24)(H,19,20,21). The molecule has 0 aliphatic rings. The topological polar surface area (TPSA) is 88.6 Å². The highest BCUT2D eigenvalue weighted by Crippen LogP contribution is 2.29. The van der Waals surface area contributed by atoms with Crippen LogP contribution in [0, 0.1) is 0 Å². The number of aromatic nitrogens is 2. The van der Waals surface area contributed by atoms with Crippen molar-refractivity contribution in [3.63, 3.8) is 0 Å². The Hall–Kier alpha value is -2.87. The summed E-state index contributed by atoms with van der Waals surface area (Å²) < 4.78 is 10.4. The molecule has 0 fully saturated rings. The van der Waals surface area contributed by atoms with Crippen LogP contribution in [0.3, 0.4) is 0 Å². The Morgan fingerprint density at radius 2 is 1.96 bits per heavy atom. The van der Waals surface area contributed by atoms with E-state index < -0.39 is 0 Å². The van der Waals surface area contributed by atoms with E-state index in [1.165, 1.54) is 13.4 Å². The molecule has 0 radical (unpaired) electrons. The second-order valence-electron chi connectivity index (χ2n) is 5.89. The molecule has 1 aromatic carbocycles. The number of carbonyl (C=O) groups excluding carboxylic acids is 1. The van der Waals surface area contributed by atoms with Gasteiger partial charge in [-0.25, -0.2) is 9.97 Å². The van der Waals surface area contributed by atoms with Gasteiger partial charge < -0.3 is 25.0 Å². The predicted octanol–water partition coefficient (Wildman–Crippen LogP) is 2.11. The third-order valence-electron chi connectivity index (χ3n) is 3.64. The van der Waals surface area contributed by atoms with Crippen LogP contribution in [0.25, 0.3) is 0 Å². The van der Waals surface area contributed by atoms with E-state index in [0.717, 1.165) is 19.5 Å². The molecule has 0 saturated carbocycles. The molecular weight excluding hydrogens is 334 g/mol. The van der Waals surface area contributed by atoms with Gasteiger partial charge in [0, 0.05) is 18.7 Å². The van der Waals surface area contributed by atoms with E-state index in [1.54, 1.807) is 31.4 Å². The molecule has 2 N–H and O–H groups in total. The first-order valence-corrected chi connectivity index (χ1v) is 8.27. The summed E-state index contributed by atoms with van der Waals surface area (Å²) in [5, 5.41) is 5.99. The van der Waals surface area contributed by atoms with Crippen LogP contribution in [0.1, 0.15) is 16.9 Å². The van der Waals surface area contributed by atoms with Crippen LogP contribution in [-0.2, 0) is 0 Å². The van der Waals surface area contributed by atoms with Crippen molar-refractivity contribution in [1.29, 1.82) is 0 Å². The average molecular weight is 359 g/mol. The Bertz CT molecular complexity index is 737. The van der Waals surface area contributed by atoms with Crippen LogP contribution < -0.4 is 20.1 Å². The number of nitrogens with zero attached hydrogens (tertiary/aromatic N) is 3. The molecule has 1 aromatic heterocycles. The van der Waals surface area contributed by atoms with Crippen molar-refractivity contribution in [2.75, 3.05) is 52.0 Å². The van der Waals surface area contributed by atoms with E-state index >= 15 is 0 Å². The van der Waals surface area contributed by atoms with Crippen LogP contribution >= 0.6 is 0 Å². The Labute approximate surface area is 153 Å². The number of methoxy groups -OCH3 is 2. The van der Waals surface area contributed by atoms with E-state index in [2.05, 4.69) is 25.5 Å². The Balaban J connectivity index is 2.02. The number of anilines is 2. The first kappa shape index (κ1) is 19.5. The summed E-state index contributed by atoms with van der Waals surface area (Å²) in [6, 6.07) is 6.79.